The summed E-state index contributed by atoms with van der Waals surface area (Å²) in [5, 5.41) is 4.92. The molecule has 194 valence electrons. The van der Waals surface area contributed by atoms with E-state index >= 15 is 0 Å². The average Bonchev–Trinajstić information content (AvgIpc) is 3.54. The number of para-hydroxylation sites is 2. The second-order valence-corrected chi connectivity index (χ2v) is 9.33. The fourth-order valence-corrected chi connectivity index (χ4v) is 5.00. The summed E-state index contributed by atoms with van der Waals surface area (Å²) in [6, 6.07) is 16.3. The smallest absolute Gasteiger partial charge is 0.410 e. The minimum Gasteiger partial charge on any atom is -0.445 e. The number of hydrogen-bond acceptors (Lipinski definition) is 6. The number of hydrogen-bond donors (Lipinski definition) is 0. The summed E-state index contributed by atoms with van der Waals surface area (Å²) in [7, 11) is 0. The number of fused-ring (bicyclic) bond motifs is 2. The monoisotopic (exact) mass is 537 g/mol. The molecule has 0 aliphatic carbocycles. The van der Waals surface area contributed by atoms with Gasteiger partial charge in [-0.15, -0.1) is 0 Å². The number of ether oxygens (including phenoxy) is 1. The van der Waals surface area contributed by atoms with Gasteiger partial charge in [0, 0.05) is 13.1 Å². The largest absolute Gasteiger partial charge is 0.445 e. The summed E-state index contributed by atoms with van der Waals surface area (Å²) in [5.41, 5.74) is 2.26. The molecule has 0 bridgehead atoms. The number of nitrogens with zero attached hydrogens (tertiary/aromatic N) is 7. The summed E-state index contributed by atoms with van der Waals surface area (Å²) < 4.78 is 36.5. The highest BCUT2D eigenvalue weighted by atomic mass is 35.5. The minimum atomic E-state index is -2.83. The van der Waals surface area contributed by atoms with Gasteiger partial charge in [0.15, 0.2) is 17.3 Å². The van der Waals surface area contributed by atoms with E-state index in [1.165, 1.54) is 4.57 Å². The molecule has 0 spiro atoms. The second-order valence-electron chi connectivity index (χ2n) is 9.00. The van der Waals surface area contributed by atoms with Crippen LogP contribution in [0.4, 0.5) is 13.6 Å². The third kappa shape index (κ3) is 4.43. The van der Waals surface area contributed by atoms with Gasteiger partial charge in [-0.05, 0) is 42.1 Å². The van der Waals surface area contributed by atoms with E-state index in [4.69, 9.17) is 16.3 Å². The van der Waals surface area contributed by atoms with E-state index in [9.17, 15) is 13.6 Å². The standard InChI is InChI=1S/C26H22ClF2N7O2/c27-25-32-22(35-20-9-5-4-8-19(20)31-24(35)21(28)29)18-14-30-36(23(18)33-25)17-10-12-34(13-11-17)26(37)38-15-16-6-2-1-3-7-16/h1-9,14,17,21H,10-13,15H2. The number of carbonyl (C=O) groups excluding carboxylic acids is 1. The Balaban J connectivity index is 1.26. The van der Waals surface area contributed by atoms with Gasteiger partial charge in [-0.1, -0.05) is 42.5 Å². The first-order valence-electron chi connectivity index (χ1n) is 12.1. The van der Waals surface area contributed by atoms with Crippen LogP contribution in [0.5, 0.6) is 0 Å². The minimum absolute atomic E-state index is 0.0707. The maximum Gasteiger partial charge on any atom is 0.410 e. The molecular weight excluding hydrogens is 516 g/mol. The van der Waals surface area contributed by atoms with Crippen molar-refractivity contribution in [3.8, 4) is 5.82 Å². The topological polar surface area (TPSA) is 91.0 Å². The molecule has 0 saturated carbocycles. The highest BCUT2D eigenvalue weighted by Gasteiger charge is 2.29. The van der Waals surface area contributed by atoms with E-state index in [-0.39, 0.29) is 29.8 Å². The van der Waals surface area contributed by atoms with Gasteiger partial charge in [-0.2, -0.15) is 15.1 Å². The highest BCUT2D eigenvalue weighted by molar-refractivity contribution is 6.28. The summed E-state index contributed by atoms with van der Waals surface area (Å²) in [5.74, 6) is -0.241. The van der Waals surface area contributed by atoms with Crippen LogP contribution in [0, 0.1) is 0 Å². The number of aromatic nitrogens is 6. The van der Waals surface area contributed by atoms with E-state index in [0.717, 1.165) is 5.56 Å². The number of alkyl halides is 2. The van der Waals surface area contributed by atoms with Crippen LogP contribution in [0.1, 0.15) is 36.7 Å². The number of amides is 1. The van der Waals surface area contributed by atoms with E-state index in [0.29, 0.717) is 48.0 Å². The van der Waals surface area contributed by atoms with Crippen molar-refractivity contribution >= 4 is 39.8 Å². The molecule has 5 aromatic rings. The number of likely N-dealkylation sites (tertiary alicyclic amines) is 1. The Labute approximate surface area is 220 Å². The lowest BCUT2D eigenvalue weighted by atomic mass is 10.1. The Kier molecular flexibility index (Phi) is 6.36. The van der Waals surface area contributed by atoms with E-state index in [1.54, 1.807) is 40.0 Å². The van der Waals surface area contributed by atoms with Crippen LogP contribution in [0.2, 0.25) is 5.28 Å². The molecule has 1 amide bonds. The molecule has 0 unspecified atom stereocenters. The number of rotatable bonds is 5. The van der Waals surface area contributed by atoms with Crippen LogP contribution in [0.25, 0.3) is 27.9 Å². The van der Waals surface area contributed by atoms with E-state index in [2.05, 4.69) is 20.1 Å². The lowest BCUT2D eigenvalue weighted by Gasteiger charge is -2.31. The first kappa shape index (κ1) is 24.2. The van der Waals surface area contributed by atoms with Crippen LogP contribution in [0.3, 0.4) is 0 Å². The van der Waals surface area contributed by atoms with Gasteiger partial charge in [0.1, 0.15) is 6.61 Å². The molecule has 2 aromatic carbocycles. The fraction of sp³-hybridized carbons (Fsp3) is 0.269. The molecule has 1 aliphatic heterocycles. The number of benzene rings is 2. The molecule has 0 N–H and O–H groups in total. The highest BCUT2D eigenvalue weighted by Crippen LogP contribution is 2.33. The quantitative estimate of drug-likeness (QED) is 0.266. The predicted octanol–water partition coefficient (Wildman–Crippen LogP) is 5.73. The van der Waals surface area contributed by atoms with Crippen molar-refractivity contribution in [2.45, 2.75) is 31.9 Å². The molecule has 4 heterocycles. The van der Waals surface area contributed by atoms with Crippen molar-refractivity contribution in [1.29, 1.82) is 0 Å². The molecule has 1 fully saturated rings. The number of carbonyl (C=O) groups is 1. The third-order valence-electron chi connectivity index (χ3n) is 6.67. The first-order chi connectivity index (χ1) is 18.5. The van der Waals surface area contributed by atoms with Gasteiger partial charge in [0.05, 0.1) is 28.7 Å². The fourth-order valence-electron chi connectivity index (χ4n) is 4.84. The summed E-state index contributed by atoms with van der Waals surface area (Å²) in [6.07, 6.45) is -0.399. The van der Waals surface area contributed by atoms with Crippen molar-refractivity contribution in [2.24, 2.45) is 0 Å². The molecule has 6 rings (SSSR count). The van der Waals surface area contributed by atoms with Crippen molar-refractivity contribution in [3.63, 3.8) is 0 Å². The molecule has 0 radical (unpaired) electrons. The Morgan fingerprint density at radius 2 is 1.76 bits per heavy atom. The van der Waals surface area contributed by atoms with Crippen molar-refractivity contribution in [3.05, 3.63) is 77.5 Å². The lowest BCUT2D eigenvalue weighted by Crippen LogP contribution is -2.39. The van der Waals surface area contributed by atoms with Crippen molar-refractivity contribution in [1.82, 2.24) is 34.2 Å². The summed E-state index contributed by atoms with van der Waals surface area (Å²) >= 11 is 6.29. The van der Waals surface area contributed by atoms with Crippen molar-refractivity contribution in [2.75, 3.05) is 13.1 Å². The molecule has 1 aliphatic rings. The van der Waals surface area contributed by atoms with Gasteiger partial charge < -0.3 is 9.64 Å². The Hall–Kier alpha value is -4.12. The predicted molar refractivity (Wildman–Crippen MR) is 136 cm³/mol. The second kappa shape index (κ2) is 9.97. The number of piperidine rings is 1. The van der Waals surface area contributed by atoms with Gasteiger partial charge in [0.2, 0.25) is 5.28 Å². The molecule has 0 atom stereocenters. The first-order valence-corrected chi connectivity index (χ1v) is 12.5. The van der Waals surface area contributed by atoms with Crippen LogP contribution in [0.15, 0.2) is 60.8 Å². The van der Waals surface area contributed by atoms with Crippen molar-refractivity contribution < 1.29 is 18.3 Å². The number of imidazole rings is 1. The SMILES string of the molecule is O=C(OCc1ccccc1)N1CCC(n2ncc3c(-n4c(C(F)F)nc5ccccc54)nc(Cl)nc32)CC1. The molecular formula is C26H22ClF2N7O2. The van der Waals surface area contributed by atoms with E-state index < -0.39 is 12.2 Å². The van der Waals surface area contributed by atoms with Gasteiger partial charge >= 0.3 is 6.09 Å². The maximum atomic E-state index is 14.0. The van der Waals surface area contributed by atoms with Crippen LogP contribution in [-0.2, 0) is 11.3 Å². The molecule has 3 aromatic heterocycles. The van der Waals surface area contributed by atoms with Crippen LogP contribution >= 0.6 is 11.6 Å². The third-order valence-corrected chi connectivity index (χ3v) is 6.84. The zero-order valence-corrected chi connectivity index (χ0v) is 20.8. The molecule has 12 heteroatoms. The zero-order valence-electron chi connectivity index (χ0n) is 20.0. The lowest BCUT2D eigenvalue weighted by molar-refractivity contribution is 0.0824. The average molecular weight is 538 g/mol. The molecule has 1 saturated heterocycles. The normalized spacial score (nSPS) is 14.6. The zero-order chi connectivity index (χ0) is 26.2. The van der Waals surface area contributed by atoms with Gasteiger partial charge in [-0.25, -0.2) is 23.2 Å². The summed E-state index contributed by atoms with van der Waals surface area (Å²) in [6.45, 7) is 1.17. The molecule has 9 nitrogen and oxygen atoms in total. The van der Waals surface area contributed by atoms with E-state index in [1.807, 2.05) is 30.3 Å². The maximum absolute atomic E-state index is 14.0. The Bertz CT molecular complexity index is 1610. The molecule has 38 heavy (non-hydrogen) atoms. The Morgan fingerprint density at radius 3 is 2.53 bits per heavy atom. The summed E-state index contributed by atoms with van der Waals surface area (Å²) in [4.78, 5) is 27.0. The van der Waals surface area contributed by atoms with Gasteiger partial charge in [0.25, 0.3) is 6.43 Å². The number of halogens is 3. The Morgan fingerprint density at radius 1 is 1.03 bits per heavy atom. The van der Waals surface area contributed by atoms with Gasteiger partial charge in [-0.3, -0.25) is 4.57 Å². The van der Waals surface area contributed by atoms with Crippen LogP contribution < -0.4 is 0 Å². The van der Waals surface area contributed by atoms with Crippen LogP contribution in [-0.4, -0.2) is 53.4 Å².